The van der Waals surface area contributed by atoms with Crippen LogP contribution in [0, 0.1) is 0 Å². The molecule has 0 aliphatic heterocycles. The van der Waals surface area contributed by atoms with E-state index in [2.05, 4.69) is 0 Å². The molecule has 0 fully saturated rings. The van der Waals surface area contributed by atoms with Gasteiger partial charge >= 0.3 is 0 Å². The molecule has 8 heteroatoms. The highest BCUT2D eigenvalue weighted by atomic mass is 16.4. The normalized spacial score (nSPS) is 18.1. The molecular formula is C18H20O8. The van der Waals surface area contributed by atoms with Gasteiger partial charge < -0.3 is 30.3 Å². The van der Waals surface area contributed by atoms with Gasteiger partial charge in [0.2, 0.25) is 0 Å². The number of aliphatic hydroxyl groups is 5. The molecule has 0 aromatic heterocycles. The predicted octanol–water partition coefficient (Wildman–Crippen LogP) is -1.60. The monoisotopic (exact) mass is 364 g/mol. The molecule has 0 heterocycles. The molecule has 0 saturated heterocycles. The van der Waals surface area contributed by atoms with Crippen molar-refractivity contribution in [2.24, 2.45) is 0 Å². The Balaban J connectivity index is 0.000000265. The Kier molecular flexibility index (Phi) is 8.70. The van der Waals surface area contributed by atoms with Crippen LogP contribution in [0.4, 0.5) is 0 Å². The van der Waals surface area contributed by atoms with Crippen molar-refractivity contribution in [2.45, 2.75) is 24.4 Å². The zero-order valence-corrected chi connectivity index (χ0v) is 13.7. The van der Waals surface area contributed by atoms with Crippen LogP contribution < -0.4 is 0 Å². The third-order valence-electron chi connectivity index (χ3n) is 3.46. The SMILES string of the molecule is O=C1C=CC(=O)C(c2ccccc2)=C1.O=C[C@H](O)[C@@H](O)[C@H](O)[C@H](O)CO. The van der Waals surface area contributed by atoms with Crippen LogP contribution in [0.15, 0.2) is 48.6 Å². The second kappa shape index (κ2) is 10.5. The van der Waals surface area contributed by atoms with Crippen LogP contribution in [0.25, 0.3) is 5.57 Å². The maximum atomic E-state index is 11.4. The lowest BCUT2D eigenvalue weighted by Gasteiger charge is -2.22. The zero-order chi connectivity index (χ0) is 19.7. The molecule has 8 nitrogen and oxygen atoms in total. The van der Waals surface area contributed by atoms with Crippen LogP contribution in [0.1, 0.15) is 5.56 Å². The van der Waals surface area contributed by atoms with E-state index in [1.54, 1.807) is 0 Å². The van der Waals surface area contributed by atoms with E-state index in [1.165, 1.54) is 18.2 Å². The Hall–Kier alpha value is -2.49. The number of aldehydes is 1. The summed E-state index contributed by atoms with van der Waals surface area (Å²) >= 11 is 0. The summed E-state index contributed by atoms with van der Waals surface area (Å²) in [4.78, 5) is 32.4. The summed E-state index contributed by atoms with van der Waals surface area (Å²) in [7, 11) is 0. The third-order valence-corrected chi connectivity index (χ3v) is 3.46. The molecule has 0 saturated carbocycles. The number of carbonyl (C=O) groups is 3. The number of benzene rings is 1. The first kappa shape index (κ1) is 21.6. The van der Waals surface area contributed by atoms with Gasteiger partial charge in [0.05, 0.1) is 6.61 Å². The minimum atomic E-state index is -1.79. The van der Waals surface area contributed by atoms with Gasteiger partial charge in [0.25, 0.3) is 0 Å². The molecule has 26 heavy (non-hydrogen) atoms. The van der Waals surface area contributed by atoms with Crippen molar-refractivity contribution in [1.29, 1.82) is 0 Å². The standard InChI is InChI=1S/C12H8O2.C6H12O6/c13-10-6-7-12(14)11(8-10)9-4-2-1-3-5-9;7-1-3(9)5(11)6(12)4(10)2-8/h1-8H;1,3-6,8-12H,2H2/t;3-,4+,5+,6+/m.0/s1. The fourth-order valence-corrected chi connectivity index (χ4v) is 1.97. The fraction of sp³-hybridized carbons (Fsp3) is 0.278. The maximum Gasteiger partial charge on any atom is 0.186 e. The van der Waals surface area contributed by atoms with Gasteiger partial charge in [-0.05, 0) is 23.8 Å². The number of rotatable bonds is 6. The number of hydrogen-bond acceptors (Lipinski definition) is 8. The molecule has 1 aromatic rings. The smallest absolute Gasteiger partial charge is 0.186 e. The lowest BCUT2D eigenvalue weighted by Crippen LogP contribution is -2.46. The molecule has 1 aromatic carbocycles. The van der Waals surface area contributed by atoms with Crippen LogP contribution in [0.5, 0.6) is 0 Å². The van der Waals surface area contributed by atoms with E-state index in [0.717, 1.165) is 5.56 Å². The minimum absolute atomic E-state index is 0.0258. The van der Waals surface area contributed by atoms with Crippen molar-refractivity contribution in [1.82, 2.24) is 0 Å². The van der Waals surface area contributed by atoms with E-state index in [0.29, 0.717) is 5.57 Å². The van der Waals surface area contributed by atoms with E-state index in [1.807, 2.05) is 30.3 Å². The summed E-state index contributed by atoms with van der Waals surface area (Å²) in [6, 6.07) is 9.18. The van der Waals surface area contributed by atoms with Crippen LogP contribution in [0.3, 0.4) is 0 Å². The van der Waals surface area contributed by atoms with E-state index >= 15 is 0 Å². The Morgan fingerprint density at radius 3 is 2.08 bits per heavy atom. The first-order chi connectivity index (χ1) is 12.3. The van der Waals surface area contributed by atoms with Crippen molar-refractivity contribution >= 4 is 23.4 Å². The lowest BCUT2D eigenvalue weighted by molar-refractivity contribution is -0.136. The van der Waals surface area contributed by atoms with Crippen LogP contribution in [0.2, 0.25) is 0 Å². The summed E-state index contributed by atoms with van der Waals surface area (Å²) in [6.45, 7) is -0.760. The van der Waals surface area contributed by atoms with Gasteiger partial charge in [-0.15, -0.1) is 0 Å². The Bertz CT molecular complexity index is 680. The molecule has 0 unspecified atom stereocenters. The molecule has 140 valence electrons. The van der Waals surface area contributed by atoms with Crippen LogP contribution in [-0.2, 0) is 14.4 Å². The molecule has 1 aliphatic carbocycles. The molecular weight excluding hydrogens is 344 g/mol. The van der Waals surface area contributed by atoms with E-state index in [-0.39, 0.29) is 17.9 Å². The van der Waals surface area contributed by atoms with Crippen molar-refractivity contribution in [3.63, 3.8) is 0 Å². The van der Waals surface area contributed by atoms with E-state index in [9.17, 15) is 14.4 Å². The molecule has 5 N–H and O–H groups in total. The van der Waals surface area contributed by atoms with Gasteiger partial charge in [-0.25, -0.2) is 0 Å². The van der Waals surface area contributed by atoms with Crippen LogP contribution >= 0.6 is 0 Å². The second-order valence-electron chi connectivity index (χ2n) is 5.38. The molecule has 2 rings (SSSR count). The summed E-state index contributed by atoms with van der Waals surface area (Å²) in [5.74, 6) is -0.251. The van der Waals surface area contributed by atoms with Gasteiger partial charge in [0, 0.05) is 5.57 Å². The Labute approximate surface area is 149 Å². The third kappa shape index (κ3) is 6.10. The Morgan fingerprint density at radius 2 is 1.54 bits per heavy atom. The topological polar surface area (TPSA) is 152 Å². The molecule has 0 radical (unpaired) electrons. The first-order valence-corrected chi connectivity index (χ1v) is 7.63. The van der Waals surface area contributed by atoms with Gasteiger partial charge in [-0.2, -0.15) is 0 Å². The fourth-order valence-electron chi connectivity index (χ4n) is 1.97. The lowest BCUT2D eigenvalue weighted by atomic mass is 9.97. The molecule has 0 spiro atoms. The zero-order valence-electron chi connectivity index (χ0n) is 13.7. The second-order valence-corrected chi connectivity index (χ2v) is 5.38. The van der Waals surface area contributed by atoms with Gasteiger partial charge in [0.15, 0.2) is 17.9 Å². The van der Waals surface area contributed by atoms with Crippen molar-refractivity contribution in [3.8, 4) is 0 Å². The van der Waals surface area contributed by atoms with Crippen molar-refractivity contribution in [3.05, 3.63) is 54.1 Å². The summed E-state index contributed by atoms with van der Waals surface area (Å²) in [5.41, 5.74) is 1.26. The number of aliphatic hydroxyl groups excluding tert-OH is 5. The first-order valence-electron chi connectivity index (χ1n) is 7.63. The van der Waals surface area contributed by atoms with Gasteiger partial charge in [0.1, 0.15) is 24.4 Å². The molecule has 0 amide bonds. The quantitative estimate of drug-likeness (QED) is 0.299. The average Bonchev–Trinajstić information content (AvgIpc) is 2.68. The molecule has 4 atom stereocenters. The summed E-state index contributed by atoms with van der Waals surface area (Å²) in [5, 5.41) is 43.5. The van der Waals surface area contributed by atoms with Gasteiger partial charge in [-0.1, -0.05) is 30.3 Å². The van der Waals surface area contributed by atoms with Crippen molar-refractivity contribution in [2.75, 3.05) is 6.61 Å². The van der Waals surface area contributed by atoms with E-state index in [4.69, 9.17) is 25.5 Å². The highest BCUT2D eigenvalue weighted by molar-refractivity contribution is 6.33. The molecule has 0 bridgehead atoms. The molecule has 1 aliphatic rings. The highest BCUT2D eigenvalue weighted by Gasteiger charge is 2.29. The van der Waals surface area contributed by atoms with Gasteiger partial charge in [-0.3, -0.25) is 9.59 Å². The predicted molar refractivity (Wildman–Crippen MR) is 90.8 cm³/mol. The number of ketones is 2. The number of allylic oxidation sites excluding steroid dienone is 4. The number of carbonyl (C=O) groups excluding carboxylic acids is 3. The maximum absolute atomic E-state index is 11.4. The van der Waals surface area contributed by atoms with Crippen LogP contribution in [-0.4, -0.2) is 74.4 Å². The highest BCUT2D eigenvalue weighted by Crippen LogP contribution is 2.18. The largest absolute Gasteiger partial charge is 0.394 e. The number of hydrogen-bond donors (Lipinski definition) is 5. The average molecular weight is 364 g/mol. The minimum Gasteiger partial charge on any atom is -0.394 e. The summed E-state index contributed by atoms with van der Waals surface area (Å²) in [6.07, 6.45) is -2.87. The van der Waals surface area contributed by atoms with E-state index < -0.39 is 31.0 Å². The summed E-state index contributed by atoms with van der Waals surface area (Å²) < 4.78 is 0. The Morgan fingerprint density at radius 1 is 0.923 bits per heavy atom. The van der Waals surface area contributed by atoms with Crippen molar-refractivity contribution < 1.29 is 39.9 Å².